The van der Waals surface area contributed by atoms with Gasteiger partial charge < -0.3 is 65.1 Å². The lowest BCUT2D eigenvalue weighted by molar-refractivity contribution is -0.357. The molecular weight excluding hydrogens is 438 g/mol. The molecule has 0 bridgehead atoms. The average molecular weight is 464 g/mol. The molecule has 0 spiro atoms. The monoisotopic (exact) mass is 464 g/mol. The molecule has 3 rings (SSSR count). The van der Waals surface area contributed by atoms with Crippen molar-refractivity contribution in [2.75, 3.05) is 18.4 Å². The summed E-state index contributed by atoms with van der Waals surface area (Å²) in [4.78, 5) is 0. The Bertz CT molecular complexity index is 719. The first-order valence-corrected chi connectivity index (χ1v) is 9.69. The average Bonchev–Trinajstić information content (AvgIpc) is 2.78. The van der Waals surface area contributed by atoms with Crippen molar-refractivity contribution in [3.8, 4) is 5.75 Å². The number of hydrogen-bond donors (Lipinski definition) is 8. The van der Waals surface area contributed by atoms with Crippen LogP contribution in [-0.4, -0.2) is 116 Å². The van der Waals surface area contributed by atoms with Crippen LogP contribution in [0.4, 0.5) is 5.69 Å². The Kier molecular flexibility index (Phi) is 8.21. The van der Waals surface area contributed by atoms with Crippen LogP contribution in [0, 0.1) is 5.21 Å². The van der Waals surface area contributed by atoms with E-state index >= 15 is 0 Å². The molecule has 0 aromatic heterocycles. The predicted molar refractivity (Wildman–Crippen MR) is 101 cm³/mol. The molecule has 14 heteroatoms. The fourth-order valence-electron chi connectivity index (χ4n) is 3.42. The molecule has 1 aromatic rings. The van der Waals surface area contributed by atoms with Gasteiger partial charge in [0.15, 0.2) is 12.4 Å². The molecule has 2 aliphatic heterocycles. The van der Waals surface area contributed by atoms with Gasteiger partial charge in [0.2, 0.25) is 6.29 Å². The fourth-order valence-corrected chi connectivity index (χ4v) is 3.42. The molecule has 2 heterocycles. The first-order chi connectivity index (χ1) is 15.2. The van der Waals surface area contributed by atoms with E-state index in [0.29, 0.717) is 0 Å². The zero-order valence-electron chi connectivity index (χ0n) is 16.6. The van der Waals surface area contributed by atoms with E-state index in [9.17, 15) is 41.0 Å². The Balaban J connectivity index is 1.81. The van der Waals surface area contributed by atoms with Crippen molar-refractivity contribution in [1.82, 2.24) is 0 Å². The smallest absolute Gasteiger partial charge is 0.229 e. The first-order valence-electron chi connectivity index (χ1n) is 9.69. The molecule has 8 N–H and O–H groups in total. The van der Waals surface area contributed by atoms with Gasteiger partial charge in [-0.15, -0.1) is 0 Å². The van der Waals surface area contributed by atoms with E-state index in [-0.39, 0.29) is 16.7 Å². The number of ether oxygens (including phenoxy) is 4. The van der Waals surface area contributed by atoms with Gasteiger partial charge in [0.25, 0.3) is 0 Å². The summed E-state index contributed by atoms with van der Waals surface area (Å²) in [5.41, 5.74) is -0.0975. The van der Waals surface area contributed by atoms with E-state index in [1.165, 1.54) is 24.3 Å². The number of aliphatic hydroxyl groups is 7. The third kappa shape index (κ3) is 5.12. The van der Waals surface area contributed by atoms with Gasteiger partial charge in [0.1, 0.15) is 48.5 Å². The lowest BCUT2D eigenvalue weighted by Crippen LogP contribution is -2.65. The molecule has 2 saturated heterocycles. The van der Waals surface area contributed by atoms with E-state index < -0.39 is 74.6 Å². The standard InChI is InChI=1S/C18H26NO13/c20-5-9-11(22)13(24)15(26)17(30-9)32-16-14(25)12(23)10(6-21)31-18(16)29-8-3-1-7(2-4-8)19(27)28/h1-4,9-18,20-27H,5-6H2/q-1. The summed E-state index contributed by atoms with van der Waals surface area (Å²) >= 11 is 0. The van der Waals surface area contributed by atoms with Crippen LogP contribution < -0.4 is 9.96 Å². The van der Waals surface area contributed by atoms with Crippen LogP contribution in [0.5, 0.6) is 5.75 Å². The summed E-state index contributed by atoms with van der Waals surface area (Å²) in [7, 11) is 0. The summed E-state index contributed by atoms with van der Waals surface area (Å²) in [6.45, 7) is -1.39. The zero-order chi connectivity index (χ0) is 23.6. The van der Waals surface area contributed by atoms with Crippen molar-refractivity contribution in [3.63, 3.8) is 0 Å². The lowest BCUT2D eigenvalue weighted by atomic mass is 9.97. The Morgan fingerprint density at radius 2 is 1.31 bits per heavy atom. The third-order valence-corrected chi connectivity index (χ3v) is 5.27. The Labute approximate surface area is 181 Å². The minimum Gasteiger partial charge on any atom is -0.733 e. The van der Waals surface area contributed by atoms with Gasteiger partial charge >= 0.3 is 0 Å². The topological polar surface area (TPSA) is 225 Å². The summed E-state index contributed by atoms with van der Waals surface area (Å²) in [5.74, 6) is 0.0864. The van der Waals surface area contributed by atoms with E-state index in [2.05, 4.69) is 0 Å². The highest BCUT2D eigenvalue weighted by Gasteiger charge is 2.51. The molecule has 10 unspecified atom stereocenters. The van der Waals surface area contributed by atoms with Crippen LogP contribution in [0.1, 0.15) is 0 Å². The highest BCUT2D eigenvalue weighted by atomic mass is 16.8. The second kappa shape index (κ2) is 10.5. The van der Waals surface area contributed by atoms with E-state index in [1.807, 2.05) is 0 Å². The van der Waals surface area contributed by atoms with Crippen LogP contribution in [0.25, 0.3) is 0 Å². The van der Waals surface area contributed by atoms with Crippen molar-refractivity contribution in [2.24, 2.45) is 0 Å². The zero-order valence-corrected chi connectivity index (χ0v) is 16.6. The van der Waals surface area contributed by atoms with Gasteiger partial charge in [-0.05, 0) is 24.3 Å². The molecule has 14 nitrogen and oxygen atoms in total. The molecule has 0 amide bonds. The van der Waals surface area contributed by atoms with Gasteiger partial charge in [-0.25, -0.2) is 0 Å². The number of anilines is 1. The van der Waals surface area contributed by atoms with E-state index in [0.717, 1.165) is 0 Å². The largest absolute Gasteiger partial charge is 0.733 e. The predicted octanol–water partition coefficient (Wildman–Crippen LogP) is -3.62. The maximum Gasteiger partial charge on any atom is 0.229 e. The van der Waals surface area contributed by atoms with Crippen LogP contribution in [0.15, 0.2) is 24.3 Å². The minimum atomic E-state index is -1.79. The summed E-state index contributed by atoms with van der Waals surface area (Å²) in [5, 5.41) is 89.0. The fraction of sp³-hybridized carbons (Fsp3) is 0.667. The molecule has 2 fully saturated rings. The molecule has 0 radical (unpaired) electrons. The quantitative estimate of drug-likeness (QED) is 0.182. The van der Waals surface area contributed by atoms with Crippen LogP contribution in [-0.2, 0) is 14.2 Å². The van der Waals surface area contributed by atoms with E-state index in [4.69, 9.17) is 24.2 Å². The highest BCUT2D eigenvalue weighted by molar-refractivity contribution is 5.47. The van der Waals surface area contributed by atoms with Crippen molar-refractivity contribution in [3.05, 3.63) is 29.5 Å². The van der Waals surface area contributed by atoms with Crippen LogP contribution in [0.3, 0.4) is 0 Å². The second-order valence-corrected chi connectivity index (χ2v) is 7.39. The first kappa shape index (κ1) is 25.0. The van der Waals surface area contributed by atoms with Crippen molar-refractivity contribution < 1.29 is 59.9 Å². The SMILES string of the molecule is [O-]N(O)c1ccc(OC2OC(CO)C(O)C(O)C2OC2OC(CO)C(O)C(O)C2O)cc1. The molecule has 32 heavy (non-hydrogen) atoms. The normalized spacial score (nSPS) is 40.2. The lowest BCUT2D eigenvalue weighted by Gasteiger charge is -2.45. The Hall–Kier alpha value is -1.66. The number of benzene rings is 1. The van der Waals surface area contributed by atoms with Crippen molar-refractivity contribution in [1.29, 1.82) is 0 Å². The summed E-state index contributed by atoms with van der Waals surface area (Å²) < 4.78 is 21.8. The van der Waals surface area contributed by atoms with Gasteiger partial charge in [-0.1, -0.05) is 0 Å². The second-order valence-electron chi connectivity index (χ2n) is 7.39. The summed E-state index contributed by atoms with van der Waals surface area (Å²) in [6.07, 6.45) is -15.7. The number of nitrogens with zero attached hydrogens (tertiary/aromatic N) is 1. The molecule has 0 aliphatic carbocycles. The third-order valence-electron chi connectivity index (χ3n) is 5.27. The highest BCUT2D eigenvalue weighted by Crippen LogP contribution is 2.31. The van der Waals surface area contributed by atoms with Crippen LogP contribution in [0.2, 0.25) is 0 Å². The Morgan fingerprint density at radius 3 is 1.84 bits per heavy atom. The minimum absolute atomic E-state index is 0.0864. The number of aliphatic hydroxyl groups excluding tert-OH is 7. The number of rotatable bonds is 7. The summed E-state index contributed by atoms with van der Waals surface area (Å²) in [6, 6.07) is 5.01. The maximum atomic E-state index is 10.9. The molecule has 1 aromatic carbocycles. The molecular formula is C18H26NO13-. The van der Waals surface area contributed by atoms with Gasteiger partial charge in [-0.2, -0.15) is 0 Å². The molecule has 182 valence electrons. The van der Waals surface area contributed by atoms with Gasteiger partial charge in [-0.3, -0.25) is 5.21 Å². The van der Waals surface area contributed by atoms with Crippen molar-refractivity contribution >= 4 is 5.69 Å². The van der Waals surface area contributed by atoms with Crippen molar-refractivity contribution in [2.45, 2.75) is 61.4 Å². The molecule has 2 aliphatic rings. The maximum absolute atomic E-state index is 10.9. The Morgan fingerprint density at radius 1 is 0.781 bits per heavy atom. The van der Waals surface area contributed by atoms with Gasteiger partial charge in [0.05, 0.1) is 18.9 Å². The molecule has 10 atom stereocenters. The van der Waals surface area contributed by atoms with Crippen LogP contribution >= 0.6 is 0 Å². The molecule has 0 saturated carbocycles. The number of hydrogen-bond acceptors (Lipinski definition) is 14. The van der Waals surface area contributed by atoms with Gasteiger partial charge in [0, 0.05) is 0 Å². The van der Waals surface area contributed by atoms with E-state index in [1.54, 1.807) is 0 Å².